The molecule has 0 amide bonds. The van der Waals surface area contributed by atoms with Gasteiger partial charge in [-0.15, -0.1) is 0 Å². The summed E-state index contributed by atoms with van der Waals surface area (Å²) >= 11 is 0. The average Bonchev–Trinajstić information content (AvgIpc) is 3.35. The minimum atomic E-state index is -4.64. The van der Waals surface area contributed by atoms with E-state index in [0.717, 1.165) is 16.7 Å². The van der Waals surface area contributed by atoms with Gasteiger partial charge in [0.1, 0.15) is 17.7 Å². The first-order valence-corrected chi connectivity index (χ1v) is 8.47. The molecule has 1 aromatic heterocycles. The van der Waals surface area contributed by atoms with Crippen LogP contribution < -0.4 is 15.7 Å². The third-order valence-electron chi connectivity index (χ3n) is 4.55. The molecule has 2 atom stereocenters. The van der Waals surface area contributed by atoms with Crippen molar-refractivity contribution in [3.05, 3.63) is 58.5 Å². The number of rotatable bonds is 4. The molecule has 1 aliphatic rings. The molecule has 0 unspecified atom stereocenters. The number of benzene rings is 2. The van der Waals surface area contributed by atoms with Gasteiger partial charge in [-0.25, -0.2) is 9.18 Å². The van der Waals surface area contributed by atoms with Crippen LogP contribution in [0.15, 0.2) is 47.3 Å². The van der Waals surface area contributed by atoms with E-state index in [1.807, 2.05) is 0 Å². The molecule has 1 heterocycles. The van der Waals surface area contributed by atoms with Crippen molar-refractivity contribution in [2.75, 3.05) is 12.4 Å². The van der Waals surface area contributed by atoms with Crippen LogP contribution in [0.3, 0.4) is 0 Å². The molecule has 146 valence electrons. The Morgan fingerprint density at radius 1 is 1.21 bits per heavy atom. The number of aromatic nitrogens is 2. The first kappa shape index (κ1) is 18.3. The van der Waals surface area contributed by atoms with Crippen molar-refractivity contribution in [2.24, 2.45) is 0 Å². The number of hydrogen-bond acceptors (Lipinski definition) is 4. The fraction of sp³-hybridized carbons (Fsp3) is 0.263. The zero-order valence-electron chi connectivity index (χ0n) is 14.6. The predicted octanol–water partition coefficient (Wildman–Crippen LogP) is 3.94. The number of fused-ring (bicyclic) bond motifs is 1. The van der Waals surface area contributed by atoms with Crippen LogP contribution in [0, 0.1) is 0 Å². The van der Waals surface area contributed by atoms with Gasteiger partial charge in [-0.3, -0.25) is 4.57 Å². The molecule has 3 aromatic rings. The molecule has 0 spiro atoms. The first-order valence-electron chi connectivity index (χ1n) is 8.47. The Kier molecular flexibility index (Phi) is 4.24. The lowest BCUT2D eigenvalue weighted by atomic mass is 10.1. The van der Waals surface area contributed by atoms with E-state index in [1.165, 1.54) is 7.11 Å². The van der Waals surface area contributed by atoms with Crippen LogP contribution in [-0.2, 0) is 6.18 Å². The van der Waals surface area contributed by atoms with Crippen LogP contribution >= 0.6 is 0 Å². The van der Waals surface area contributed by atoms with Crippen molar-refractivity contribution >= 4 is 16.7 Å². The third-order valence-corrected chi connectivity index (χ3v) is 4.55. The highest BCUT2D eigenvalue weighted by atomic mass is 19.4. The highest BCUT2D eigenvalue weighted by Crippen LogP contribution is 2.40. The lowest BCUT2D eigenvalue weighted by Crippen LogP contribution is -2.25. The first-order chi connectivity index (χ1) is 13.3. The molecule has 0 bridgehead atoms. The smallest absolute Gasteiger partial charge is 0.416 e. The normalized spacial score (nSPS) is 18.9. The van der Waals surface area contributed by atoms with E-state index >= 15 is 0 Å². The molecule has 1 saturated carbocycles. The Hall–Kier alpha value is -3.10. The molecule has 2 aromatic carbocycles. The largest absolute Gasteiger partial charge is 0.496 e. The van der Waals surface area contributed by atoms with Crippen LogP contribution in [0.5, 0.6) is 5.75 Å². The Labute approximate surface area is 156 Å². The van der Waals surface area contributed by atoms with Crippen molar-refractivity contribution in [3.8, 4) is 11.4 Å². The summed E-state index contributed by atoms with van der Waals surface area (Å²) in [5, 5.41) is 2.98. The van der Waals surface area contributed by atoms with Crippen LogP contribution in [0.2, 0.25) is 0 Å². The van der Waals surface area contributed by atoms with Crippen LogP contribution in [-0.4, -0.2) is 28.9 Å². The molecule has 5 nitrogen and oxygen atoms in total. The lowest BCUT2D eigenvalue weighted by molar-refractivity contribution is -0.137. The summed E-state index contributed by atoms with van der Waals surface area (Å²) in [4.78, 5) is 16.7. The van der Waals surface area contributed by atoms with Gasteiger partial charge in [0.15, 0.2) is 0 Å². The van der Waals surface area contributed by atoms with E-state index in [9.17, 15) is 22.4 Å². The van der Waals surface area contributed by atoms with E-state index in [0.29, 0.717) is 5.69 Å². The van der Waals surface area contributed by atoms with Gasteiger partial charge in [0.25, 0.3) is 0 Å². The van der Waals surface area contributed by atoms with Gasteiger partial charge in [0, 0.05) is 6.42 Å². The molecular weight excluding hydrogens is 378 g/mol. The van der Waals surface area contributed by atoms with Crippen LogP contribution in [0.4, 0.5) is 23.4 Å². The van der Waals surface area contributed by atoms with E-state index in [4.69, 9.17) is 4.74 Å². The van der Waals surface area contributed by atoms with E-state index in [1.54, 1.807) is 30.3 Å². The zero-order valence-corrected chi connectivity index (χ0v) is 14.6. The highest BCUT2D eigenvalue weighted by molar-refractivity contribution is 5.96. The summed E-state index contributed by atoms with van der Waals surface area (Å²) in [7, 11) is 1.23. The quantitative estimate of drug-likeness (QED) is 0.683. The Morgan fingerprint density at radius 3 is 2.46 bits per heavy atom. The Bertz CT molecular complexity index is 1100. The maximum absolute atomic E-state index is 13.4. The summed E-state index contributed by atoms with van der Waals surface area (Å²) in [5.41, 5.74) is -1.42. The minimum absolute atomic E-state index is 0.00269. The molecule has 0 saturated heterocycles. The molecule has 0 aliphatic heterocycles. The van der Waals surface area contributed by atoms with Crippen molar-refractivity contribution in [3.63, 3.8) is 0 Å². The average molecular weight is 393 g/mol. The standard InChI is InChI=1S/C19H15F4N3O2/c1-28-15-8-10(19(21,22)23)7-14-16(15)17(24-13-9-12(13)20)25-18(27)26(14)11-5-3-2-4-6-11/h2-8,12-13H,9H2,1H3,(H,24,25,27)/t12-,13+/m1/s1. The number of alkyl halides is 4. The number of para-hydroxylation sites is 1. The molecular formula is C19H15F4N3O2. The highest BCUT2D eigenvalue weighted by Gasteiger charge is 2.39. The fourth-order valence-electron chi connectivity index (χ4n) is 3.06. The molecule has 9 heteroatoms. The third kappa shape index (κ3) is 3.17. The fourth-order valence-corrected chi connectivity index (χ4v) is 3.06. The van der Waals surface area contributed by atoms with Crippen molar-refractivity contribution < 1.29 is 22.3 Å². The van der Waals surface area contributed by atoms with Gasteiger partial charge in [0.2, 0.25) is 0 Å². The number of hydrogen-bond donors (Lipinski definition) is 1. The summed E-state index contributed by atoms with van der Waals surface area (Å²) in [5.74, 6) is -0.108. The summed E-state index contributed by atoms with van der Waals surface area (Å²) in [6.45, 7) is 0. The molecule has 0 radical (unpaired) electrons. The van der Waals surface area contributed by atoms with Crippen LogP contribution in [0.1, 0.15) is 12.0 Å². The van der Waals surface area contributed by atoms with Gasteiger partial charge in [0.05, 0.1) is 35.3 Å². The van der Waals surface area contributed by atoms with Gasteiger partial charge >= 0.3 is 11.9 Å². The summed E-state index contributed by atoms with van der Waals surface area (Å²) < 4.78 is 59.9. The topological polar surface area (TPSA) is 56.1 Å². The maximum atomic E-state index is 13.4. The second-order valence-electron chi connectivity index (χ2n) is 6.49. The zero-order chi connectivity index (χ0) is 20.1. The van der Waals surface area contributed by atoms with Gasteiger partial charge in [-0.2, -0.15) is 18.2 Å². The molecule has 1 aliphatic carbocycles. The van der Waals surface area contributed by atoms with Crippen molar-refractivity contribution in [1.82, 2.24) is 9.55 Å². The van der Waals surface area contributed by atoms with E-state index in [-0.39, 0.29) is 28.9 Å². The second-order valence-corrected chi connectivity index (χ2v) is 6.49. The summed E-state index contributed by atoms with van der Waals surface area (Å²) in [6, 6.07) is 9.38. The lowest BCUT2D eigenvalue weighted by Gasteiger charge is -2.18. The Morgan fingerprint density at radius 2 is 1.89 bits per heavy atom. The van der Waals surface area contributed by atoms with Crippen molar-refractivity contribution in [1.29, 1.82) is 0 Å². The molecule has 28 heavy (non-hydrogen) atoms. The SMILES string of the molecule is COc1cc(C(F)(F)F)cc2c1c(N[C@H]1C[C@H]1F)nc(=O)n2-c1ccccc1. The van der Waals surface area contributed by atoms with Gasteiger partial charge in [-0.1, -0.05) is 18.2 Å². The monoisotopic (exact) mass is 393 g/mol. The van der Waals surface area contributed by atoms with E-state index in [2.05, 4.69) is 10.3 Å². The maximum Gasteiger partial charge on any atom is 0.416 e. The second kappa shape index (κ2) is 6.50. The molecule has 1 fully saturated rings. The van der Waals surface area contributed by atoms with Crippen LogP contribution in [0.25, 0.3) is 16.6 Å². The molecule has 1 N–H and O–H groups in total. The van der Waals surface area contributed by atoms with E-state index < -0.39 is 29.6 Å². The van der Waals surface area contributed by atoms with Gasteiger partial charge < -0.3 is 10.1 Å². The number of ether oxygens (including phenoxy) is 1. The number of methoxy groups -OCH3 is 1. The van der Waals surface area contributed by atoms with Gasteiger partial charge in [-0.05, 0) is 24.3 Å². The number of anilines is 1. The Balaban J connectivity index is 2.07. The molecule has 4 rings (SSSR count). The number of nitrogens with zero attached hydrogens (tertiary/aromatic N) is 2. The number of halogens is 4. The minimum Gasteiger partial charge on any atom is -0.496 e. The predicted molar refractivity (Wildman–Crippen MR) is 95.8 cm³/mol. The van der Waals surface area contributed by atoms with Crippen molar-refractivity contribution in [2.45, 2.75) is 24.8 Å². The summed E-state index contributed by atoms with van der Waals surface area (Å²) in [6.07, 6.45) is -5.49. The number of nitrogens with one attached hydrogen (secondary N) is 1.